The zero-order chi connectivity index (χ0) is 19.5. The Labute approximate surface area is 156 Å². The molecule has 5 nitrogen and oxygen atoms in total. The van der Waals surface area contributed by atoms with Crippen molar-refractivity contribution < 1.29 is 27.5 Å². The number of carbonyl (C=O) groups is 2. The van der Waals surface area contributed by atoms with Gasteiger partial charge in [-0.05, 0) is 30.7 Å². The molecule has 1 aromatic carbocycles. The average Bonchev–Trinajstić information content (AvgIpc) is 2.59. The van der Waals surface area contributed by atoms with Gasteiger partial charge < -0.3 is 10.1 Å². The lowest BCUT2D eigenvalue weighted by atomic mass is 10.1. The first-order chi connectivity index (χ1) is 12.1. The van der Waals surface area contributed by atoms with Crippen LogP contribution in [0.5, 0.6) is 0 Å². The van der Waals surface area contributed by atoms with Gasteiger partial charge in [-0.15, -0.1) is 0 Å². The number of ether oxygens (including phenoxy) is 1. The van der Waals surface area contributed by atoms with E-state index in [-0.39, 0.29) is 16.4 Å². The second-order valence-corrected chi connectivity index (χ2v) is 5.88. The molecule has 0 radical (unpaired) electrons. The van der Waals surface area contributed by atoms with Gasteiger partial charge in [-0.25, -0.2) is 9.78 Å². The van der Waals surface area contributed by atoms with Crippen molar-refractivity contribution in [1.82, 2.24) is 4.98 Å². The monoisotopic (exact) mass is 406 g/mol. The molecule has 2 aromatic rings. The Morgan fingerprint density at radius 2 is 1.96 bits per heavy atom. The van der Waals surface area contributed by atoms with Crippen LogP contribution in [0.15, 0.2) is 30.5 Å². The van der Waals surface area contributed by atoms with Crippen LogP contribution in [0.25, 0.3) is 0 Å². The maximum Gasteiger partial charge on any atom is 0.416 e. The first-order valence-corrected chi connectivity index (χ1v) is 7.80. The summed E-state index contributed by atoms with van der Waals surface area (Å²) in [5.74, 6) is -1.81. The molecule has 1 aromatic heterocycles. The molecule has 0 fully saturated rings. The van der Waals surface area contributed by atoms with Gasteiger partial charge in [0.2, 0.25) is 0 Å². The highest BCUT2D eigenvalue weighted by atomic mass is 35.5. The molecule has 0 unspecified atom stereocenters. The van der Waals surface area contributed by atoms with Crippen molar-refractivity contribution >= 4 is 40.9 Å². The fraction of sp³-hybridized carbons (Fsp3) is 0.188. The van der Waals surface area contributed by atoms with E-state index >= 15 is 0 Å². The lowest BCUT2D eigenvalue weighted by Gasteiger charge is -2.10. The van der Waals surface area contributed by atoms with Crippen molar-refractivity contribution in [3.05, 3.63) is 57.2 Å². The van der Waals surface area contributed by atoms with E-state index in [0.29, 0.717) is 16.7 Å². The molecule has 26 heavy (non-hydrogen) atoms. The molecule has 0 spiro atoms. The van der Waals surface area contributed by atoms with E-state index in [2.05, 4.69) is 10.3 Å². The quantitative estimate of drug-likeness (QED) is 0.758. The largest absolute Gasteiger partial charge is 0.452 e. The molecule has 138 valence electrons. The van der Waals surface area contributed by atoms with Crippen molar-refractivity contribution in [2.45, 2.75) is 13.1 Å². The minimum Gasteiger partial charge on any atom is -0.452 e. The van der Waals surface area contributed by atoms with Crippen molar-refractivity contribution in [1.29, 1.82) is 0 Å². The fourth-order valence-electron chi connectivity index (χ4n) is 1.85. The highest BCUT2D eigenvalue weighted by molar-refractivity contribution is 6.37. The lowest BCUT2D eigenvalue weighted by molar-refractivity contribution is -0.137. The first kappa shape index (κ1) is 20.0. The standard InChI is InChI=1S/C16H11Cl2F3N2O3/c1-8-11(17)6-22-14(13(8)18)23-12(24)7-26-15(25)9-3-2-4-10(5-9)16(19,20)21/h2-6H,7H2,1H3,(H,22,23,24). The highest BCUT2D eigenvalue weighted by Gasteiger charge is 2.31. The van der Waals surface area contributed by atoms with Gasteiger partial charge in [0.1, 0.15) is 0 Å². The van der Waals surface area contributed by atoms with E-state index in [0.717, 1.165) is 18.2 Å². The van der Waals surface area contributed by atoms with Gasteiger partial charge in [-0.3, -0.25) is 4.79 Å². The summed E-state index contributed by atoms with van der Waals surface area (Å²) in [6.07, 6.45) is -3.31. The van der Waals surface area contributed by atoms with Gasteiger partial charge in [0.15, 0.2) is 12.4 Å². The summed E-state index contributed by atoms with van der Waals surface area (Å²) in [5, 5.41) is 2.75. The number of hydrogen-bond acceptors (Lipinski definition) is 4. The van der Waals surface area contributed by atoms with Crippen LogP contribution in [0.2, 0.25) is 10.0 Å². The summed E-state index contributed by atoms with van der Waals surface area (Å²) < 4.78 is 42.6. The number of pyridine rings is 1. The lowest BCUT2D eigenvalue weighted by Crippen LogP contribution is -2.22. The number of hydrogen-bond donors (Lipinski definition) is 1. The Kier molecular flexibility index (Phi) is 6.09. The van der Waals surface area contributed by atoms with E-state index in [9.17, 15) is 22.8 Å². The molecule has 0 saturated carbocycles. The summed E-state index contributed by atoms with van der Waals surface area (Å²) in [6, 6.07) is 3.68. The van der Waals surface area contributed by atoms with Gasteiger partial charge in [0.25, 0.3) is 5.91 Å². The number of rotatable bonds is 4. The second kappa shape index (κ2) is 7.92. The van der Waals surface area contributed by atoms with Crippen LogP contribution < -0.4 is 5.32 Å². The maximum atomic E-state index is 12.6. The molecule has 1 amide bonds. The molecular weight excluding hydrogens is 396 g/mol. The Balaban J connectivity index is 2.00. The van der Waals surface area contributed by atoms with Crippen molar-refractivity contribution in [2.75, 3.05) is 11.9 Å². The van der Waals surface area contributed by atoms with E-state index in [1.807, 2.05) is 0 Å². The third-order valence-electron chi connectivity index (χ3n) is 3.22. The highest BCUT2D eigenvalue weighted by Crippen LogP contribution is 2.30. The van der Waals surface area contributed by atoms with Crippen LogP contribution in [-0.2, 0) is 15.7 Å². The minimum atomic E-state index is -4.59. The topological polar surface area (TPSA) is 68.3 Å². The molecule has 0 saturated heterocycles. The Morgan fingerprint density at radius 3 is 2.62 bits per heavy atom. The van der Waals surface area contributed by atoms with E-state index in [1.54, 1.807) is 6.92 Å². The van der Waals surface area contributed by atoms with E-state index in [1.165, 1.54) is 6.20 Å². The number of amides is 1. The summed E-state index contributed by atoms with van der Waals surface area (Å²) >= 11 is 11.8. The fourth-order valence-corrected chi connectivity index (χ4v) is 2.24. The molecular formula is C16H11Cl2F3N2O3. The van der Waals surface area contributed by atoms with Gasteiger partial charge in [0.05, 0.1) is 21.2 Å². The number of benzene rings is 1. The molecule has 0 aliphatic rings. The Hall–Kier alpha value is -2.32. The summed E-state index contributed by atoms with van der Waals surface area (Å²) in [7, 11) is 0. The van der Waals surface area contributed by atoms with E-state index < -0.39 is 30.2 Å². The van der Waals surface area contributed by atoms with Crippen molar-refractivity contribution in [3.8, 4) is 0 Å². The van der Waals surface area contributed by atoms with Crippen molar-refractivity contribution in [2.24, 2.45) is 0 Å². The Morgan fingerprint density at radius 1 is 1.27 bits per heavy atom. The predicted octanol–water partition coefficient (Wildman–Crippen LogP) is 4.51. The molecule has 1 N–H and O–H groups in total. The maximum absolute atomic E-state index is 12.6. The minimum absolute atomic E-state index is 0.0219. The summed E-state index contributed by atoms with van der Waals surface area (Å²) in [6.45, 7) is 0.893. The third kappa shape index (κ3) is 4.86. The number of anilines is 1. The molecule has 0 atom stereocenters. The third-order valence-corrected chi connectivity index (χ3v) is 4.06. The average molecular weight is 407 g/mol. The number of alkyl halides is 3. The van der Waals surface area contributed by atoms with Crippen LogP contribution in [0.1, 0.15) is 21.5 Å². The number of aromatic nitrogens is 1. The second-order valence-electron chi connectivity index (χ2n) is 5.10. The number of esters is 1. The van der Waals surface area contributed by atoms with Crippen LogP contribution in [0.3, 0.4) is 0 Å². The van der Waals surface area contributed by atoms with Crippen LogP contribution in [0, 0.1) is 6.92 Å². The van der Waals surface area contributed by atoms with Crippen LogP contribution in [0.4, 0.5) is 19.0 Å². The number of halogens is 5. The summed E-state index contributed by atoms with van der Waals surface area (Å²) in [5.41, 5.74) is -0.824. The van der Waals surface area contributed by atoms with E-state index in [4.69, 9.17) is 27.9 Å². The number of nitrogens with zero attached hydrogens (tertiary/aromatic N) is 1. The van der Waals surface area contributed by atoms with Gasteiger partial charge in [-0.2, -0.15) is 13.2 Å². The SMILES string of the molecule is Cc1c(Cl)cnc(NC(=O)COC(=O)c2cccc(C(F)(F)F)c2)c1Cl. The van der Waals surface area contributed by atoms with Crippen LogP contribution >= 0.6 is 23.2 Å². The molecule has 1 heterocycles. The molecule has 10 heteroatoms. The first-order valence-electron chi connectivity index (χ1n) is 7.04. The van der Waals surface area contributed by atoms with Gasteiger partial charge in [0, 0.05) is 6.20 Å². The predicted molar refractivity (Wildman–Crippen MR) is 89.4 cm³/mol. The zero-order valence-corrected chi connectivity index (χ0v) is 14.7. The number of carbonyl (C=O) groups excluding carboxylic acids is 2. The van der Waals surface area contributed by atoms with Gasteiger partial charge >= 0.3 is 12.1 Å². The normalized spacial score (nSPS) is 11.2. The molecule has 0 bridgehead atoms. The van der Waals surface area contributed by atoms with Crippen molar-refractivity contribution in [3.63, 3.8) is 0 Å². The van der Waals surface area contributed by atoms with Gasteiger partial charge in [-0.1, -0.05) is 29.3 Å². The molecule has 0 aliphatic carbocycles. The Bertz CT molecular complexity index is 857. The van der Waals surface area contributed by atoms with Crippen LogP contribution in [-0.4, -0.2) is 23.5 Å². The number of nitrogens with one attached hydrogen (secondary N) is 1. The zero-order valence-electron chi connectivity index (χ0n) is 13.2. The molecule has 2 rings (SSSR count). The molecule has 0 aliphatic heterocycles. The summed E-state index contributed by atoms with van der Waals surface area (Å²) in [4.78, 5) is 27.5. The smallest absolute Gasteiger partial charge is 0.416 e.